The molecule has 218 valence electrons. The highest BCUT2D eigenvalue weighted by atomic mass is 16.5. The summed E-state index contributed by atoms with van der Waals surface area (Å²) in [7, 11) is 0. The lowest BCUT2D eigenvalue weighted by atomic mass is 10.0. The van der Waals surface area contributed by atoms with E-state index in [1.807, 2.05) is 36.4 Å². The molecule has 4 heterocycles. The Bertz CT molecular complexity index is 2940. The number of benzene rings is 7. The van der Waals surface area contributed by atoms with Crippen LogP contribution in [0.4, 0.5) is 0 Å². The average molecular weight is 601 g/mol. The Labute approximate surface area is 268 Å². The zero-order chi connectivity index (χ0) is 30.6. The quantitative estimate of drug-likeness (QED) is 0.198. The first-order chi connectivity index (χ1) is 23.3. The van der Waals surface area contributed by atoms with Gasteiger partial charge in [0, 0.05) is 38.2 Å². The lowest BCUT2D eigenvalue weighted by molar-refractivity contribution is 0.486. The molecule has 1 aliphatic heterocycles. The highest BCUT2D eigenvalue weighted by molar-refractivity contribution is 6.28. The molecular weight excluding hydrogens is 576 g/mol. The van der Waals surface area contributed by atoms with Crippen molar-refractivity contribution < 1.29 is 4.74 Å². The van der Waals surface area contributed by atoms with Gasteiger partial charge >= 0.3 is 0 Å². The van der Waals surface area contributed by atoms with Gasteiger partial charge in [0.15, 0.2) is 0 Å². The minimum Gasteiger partial charge on any atom is -0.456 e. The minimum atomic E-state index is 0.645. The smallest absolute Gasteiger partial charge is 0.235 e. The molecule has 0 N–H and O–H groups in total. The minimum absolute atomic E-state index is 0.645. The molecule has 0 fully saturated rings. The van der Waals surface area contributed by atoms with Crippen molar-refractivity contribution in [2.24, 2.45) is 0 Å². The largest absolute Gasteiger partial charge is 0.456 e. The first-order valence-corrected chi connectivity index (χ1v) is 15.9. The molecule has 10 aromatic rings. The predicted molar refractivity (Wildman–Crippen MR) is 191 cm³/mol. The van der Waals surface area contributed by atoms with Gasteiger partial charge in [-0.3, -0.25) is 4.57 Å². The van der Waals surface area contributed by atoms with Crippen LogP contribution < -0.4 is 4.74 Å². The van der Waals surface area contributed by atoms with Gasteiger partial charge in [0.25, 0.3) is 0 Å². The topological polar surface area (TPSA) is 44.9 Å². The molecule has 0 amide bonds. The van der Waals surface area contributed by atoms with Gasteiger partial charge in [-0.2, -0.15) is 0 Å². The number of aromatic nitrogens is 4. The van der Waals surface area contributed by atoms with E-state index in [1.54, 1.807) is 0 Å². The van der Waals surface area contributed by atoms with Crippen molar-refractivity contribution in [2.45, 2.75) is 0 Å². The average Bonchev–Trinajstić information content (AvgIpc) is 3.65. The Morgan fingerprint density at radius 1 is 0.426 bits per heavy atom. The standard InChI is InChI=1S/C42H24N4O/c1-2-11-25(12-3-1)45-33-17-7-4-13-26(33)28-22-21-27-29(41(28)45)23-24-35-38(27)30-14-5-8-18-34(30)46(35)42-43-32-16-10-20-37-39(32)40(44-42)31-15-6-9-19-36(31)47-37/h1-24H. The molecule has 0 spiro atoms. The fraction of sp³-hybridized carbons (Fsp3) is 0. The molecule has 47 heavy (non-hydrogen) atoms. The van der Waals surface area contributed by atoms with E-state index in [9.17, 15) is 0 Å². The maximum absolute atomic E-state index is 6.28. The van der Waals surface area contributed by atoms with E-state index in [0.29, 0.717) is 5.95 Å². The number of nitrogens with zero attached hydrogens (tertiary/aromatic N) is 4. The third kappa shape index (κ3) is 3.27. The van der Waals surface area contributed by atoms with Crippen LogP contribution in [0.3, 0.4) is 0 Å². The van der Waals surface area contributed by atoms with Crippen LogP contribution in [0.15, 0.2) is 146 Å². The van der Waals surface area contributed by atoms with E-state index in [0.717, 1.165) is 50.4 Å². The zero-order valence-electron chi connectivity index (χ0n) is 25.1. The molecule has 5 nitrogen and oxygen atoms in total. The van der Waals surface area contributed by atoms with Crippen LogP contribution in [0, 0.1) is 0 Å². The van der Waals surface area contributed by atoms with Gasteiger partial charge in [0.05, 0.1) is 38.7 Å². The molecule has 5 heteroatoms. The van der Waals surface area contributed by atoms with E-state index in [-0.39, 0.29) is 0 Å². The normalized spacial score (nSPS) is 12.4. The van der Waals surface area contributed by atoms with Crippen LogP contribution in [0.1, 0.15) is 0 Å². The van der Waals surface area contributed by atoms with E-state index in [2.05, 4.69) is 118 Å². The van der Waals surface area contributed by atoms with Crippen molar-refractivity contribution in [3.63, 3.8) is 0 Å². The van der Waals surface area contributed by atoms with E-state index in [4.69, 9.17) is 14.7 Å². The van der Waals surface area contributed by atoms with Gasteiger partial charge in [-0.15, -0.1) is 0 Å². The number of fused-ring (bicyclic) bond motifs is 11. The van der Waals surface area contributed by atoms with Crippen molar-refractivity contribution in [2.75, 3.05) is 0 Å². The predicted octanol–water partition coefficient (Wildman–Crippen LogP) is 10.7. The first kappa shape index (κ1) is 24.8. The number of hydrogen-bond acceptors (Lipinski definition) is 3. The summed E-state index contributed by atoms with van der Waals surface area (Å²) in [5, 5.41) is 8.21. The molecule has 0 atom stereocenters. The molecule has 11 rings (SSSR count). The Balaban J connectivity index is 1.27. The lowest BCUT2D eigenvalue weighted by Gasteiger charge is -2.21. The number of para-hydroxylation sites is 4. The SMILES string of the molecule is c1ccc(-n2c3ccccc3c3ccc4c(ccc5c4c4ccccc4n5-c4nc5c6c(cccc6n4)Oc4ccccc4-5)c32)cc1. The molecule has 0 aliphatic carbocycles. The summed E-state index contributed by atoms with van der Waals surface area (Å²) >= 11 is 0. The van der Waals surface area contributed by atoms with Gasteiger partial charge in [0.2, 0.25) is 5.95 Å². The summed E-state index contributed by atoms with van der Waals surface area (Å²) in [5.41, 5.74) is 8.43. The first-order valence-electron chi connectivity index (χ1n) is 15.9. The van der Waals surface area contributed by atoms with Gasteiger partial charge in [-0.1, -0.05) is 91.0 Å². The second-order valence-electron chi connectivity index (χ2n) is 12.2. The van der Waals surface area contributed by atoms with Gasteiger partial charge < -0.3 is 9.30 Å². The van der Waals surface area contributed by atoms with Crippen LogP contribution in [-0.4, -0.2) is 19.1 Å². The lowest BCUT2D eigenvalue weighted by Crippen LogP contribution is -2.06. The molecule has 0 radical (unpaired) electrons. The van der Waals surface area contributed by atoms with Crippen molar-refractivity contribution in [1.82, 2.24) is 19.1 Å². The summed E-state index contributed by atoms with van der Waals surface area (Å²) in [6.07, 6.45) is 0. The van der Waals surface area contributed by atoms with Crippen LogP contribution in [0.5, 0.6) is 11.5 Å². The molecule has 3 aromatic heterocycles. The van der Waals surface area contributed by atoms with Crippen LogP contribution in [0.25, 0.3) is 88.2 Å². The Morgan fingerprint density at radius 2 is 1.11 bits per heavy atom. The number of hydrogen-bond donors (Lipinski definition) is 0. The molecule has 0 saturated carbocycles. The number of rotatable bonds is 2. The highest BCUT2D eigenvalue weighted by Gasteiger charge is 2.25. The molecule has 0 saturated heterocycles. The monoisotopic (exact) mass is 600 g/mol. The third-order valence-corrected chi connectivity index (χ3v) is 9.71. The maximum atomic E-state index is 6.28. The summed E-state index contributed by atoms with van der Waals surface area (Å²) in [5.74, 6) is 2.24. The van der Waals surface area contributed by atoms with Gasteiger partial charge in [-0.25, -0.2) is 9.97 Å². The van der Waals surface area contributed by atoms with Crippen molar-refractivity contribution in [3.05, 3.63) is 146 Å². The summed E-state index contributed by atoms with van der Waals surface area (Å²) < 4.78 is 10.9. The van der Waals surface area contributed by atoms with Crippen LogP contribution in [0.2, 0.25) is 0 Å². The van der Waals surface area contributed by atoms with Crippen LogP contribution in [-0.2, 0) is 0 Å². The van der Waals surface area contributed by atoms with E-state index >= 15 is 0 Å². The Hall–Kier alpha value is -6.46. The molecule has 0 bridgehead atoms. The van der Waals surface area contributed by atoms with E-state index < -0.39 is 0 Å². The number of ether oxygens (including phenoxy) is 1. The zero-order valence-corrected chi connectivity index (χ0v) is 25.1. The van der Waals surface area contributed by atoms with Crippen molar-refractivity contribution in [1.29, 1.82) is 0 Å². The fourth-order valence-electron chi connectivity index (χ4n) is 7.78. The van der Waals surface area contributed by atoms with Gasteiger partial charge in [-0.05, 0) is 60.0 Å². The maximum Gasteiger partial charge on any atom is 0.235 e. The highest BCUT2D eigenvalue weighted by Crippen LogP contribution is 2.46. The summed E-state index contributed by atoms with van der Waals surface area (Å²) in [6, 6.07) is 51.2. The summed E-state index contributed by atoms with van der Waals surface area (Å²) in [4.78, 5) is 10.5. The fourth-order valence-corrected chi connectivity index (χ4v) is 7.78. The third-order valence-electron chi connectivity index (χ3n) is 9.71. The molecule has 1 aliphatic rings. The second-order valence-corrected chi connectivity index (χ2v) is 12.2. The van der Waals surface area contributed by atoms with E-state index in [1.165, 1.54) is 43.4 Å². The summed E-state index contributed by atoms with van der Waals surface area (Å²) in [6.45, 7) is 0. The molecular formula is C42H24N4O. The second kappa shape index (κ2) is 9.05. The Kier molecular flexibility index (Phi) is 4.78. The Morgan fingerprint density at radius 3 is 2.00 bits per heavy atom. The van der Waals surface area contributed by atoms with Crippen molar-refractivity contribution >= 4 is 65.3 Å². The van der Waals surface area contributed by atoms with Gasteiger partial charge in [0.1, 0.15) is 11.5 Å². The van der Waals surface area contributed by atoms with Crippen LogP contribution >= 0.6 is 0 Å². The molecule has 7 aromatic carbocycles. The van der Waals surface area contributed by atoms with Crippen molar-refractivity contribution in [3.8, 4) is 34.4 Å². The molecule has 0 unspecified atom stereocenters.